The highest BCUT2D eigenvalue weighted by Gasteiger charge is 2.31. The molecule has 2 rings (SSSR count). The molecular weight excluding hydrogens is 184 g/mol. The van der Waals surface area contributed by atoms with Crippen LogP contribution < -0.4 is 0 Å². The molecule has 1 nitrogen and oxygen atoms in total. The number of hydrogen-bond acceptors (Lipinski definition) is 1. The Hall–Kier alpha value is -0.330. The van der Waals surface area contributed by atoms with Crippen molar-refractivity contribution < 1.29 is 4.79 Å². The van der Waals surface area contributed by atoms with Gasteiger partial charge in [-0.25, -0.2) is 0 Å². The summed E-state index contributed by atoms with van der Waals surface area (Å²) in [5.74, 6) is 4.13. The van der Waals surface area contributed by atoms with Gasteiger partial charge in [0.1, 0.15) is 5.78 Å². The Labute approximate surface area is 93.6 Å². The molecule has 0 N–H and O–H groups in total. The largest absolute Gasteiger partial charge is 0.300 e. The Morgan fingerprint density at radius 1 is 0.867 bits per heavy atom. The summed E-state index contributed by atoms with van der Waals surface area (Å²) in [6.45, 7) is 4.80. The Morgan fingerprint density at radius 2 is 1.40 bits per heavy atom. The molecular formula is C14H24O. The second kappa shape index (κ2) is 4.67. The number of ketones is 1. The van der Waals surface area contributed by atoms with Gasteiger partial charge in [0.2, 0.25) is 0 Å². The molecule has 0 aromatic carbocycles. The van der Waals surface area contributed by atoms with Crippen LogP contribution in [0, 0.1) is 23.7 Å². The molecule has 0 aliphatic heterocycles. The number of carbonyl (C=O) groups is 1. The molecule has 2 aliphatic carbocycles. The molecule has 0 saturated heterocycles. The van der Waals surface area contributed by atoms with Crippen LogP contribution in [0.2, 0.25) is 0 Å². The predicted molar refractivity (Wildman–Crippen MR) is 62.6 cm³/mol. The van der Waals surface area contributed by atoms with Crippen LogP contribution in [0.1, 0.15) is 58.8 Å². The molecule has 0 bridgehead atoms. The van der Waals surface area contributed by atoms with Crippen molar-refractivity contribution in [3.63, 3.8) is 0 Å². The first kappa shape index (κ1) is 11.2. The quantitative estimate of drug-likeness (QED) is 0.640. The Morgan fingerprint density at radius 3 is 1.93 bits per heavy atom. The predicted octanol–water partition coefficient (Wildman–Crippen LogP) is 3.82. The third-order valence-corrected chi connectivity index (χ3v) is 4.47. The van der Waals surface area contributed by atoms with Crippen LogP contribution in [0.25, 0.3) is 0 Å². The molecule has 0 aromatic heterocycles. The van der Waals surface area contributed by atoms with Gasteiger partial charge < -0.3 is 0 Å². The number of Topliss-reactive ketones (excluding diaryl/α,β-unsaturated/α-hetero) is 1. The van der Waals surface area contributed by atoms with Crippen LogP contribution in [0.5, 0.6) is 0 Å². The van der Waals surface area contributed by atoms with Crippen LogP contribution in [0.15, 0.2) is 0 Å². The molecule has 0 spiro atoms. The van der Waals surface area contributed by atoms with E-state index >= 15 is 0 Å². The van der Waals surface area contributed by atoms with Gasteiger partial charge in [0.15, 0.2) is 0 Å². The van der Waals surface area contributed by atoms with E-state index in [0.717, 1.165) is 36.5 Å². The lowest BCUT2D eigenvalue weighted by Gasteiger charge is -2.38. The topological polar surface area (TPSA) is 17.1 Å². The molecule has 2 aliphatic rings. The van der Waals surface area contributed by atoms with Crippen molar-refractivity contribution in [3.8, 4) is 0 Å². The van der Waals surface area contributed by atoms with Gasteiger partial charge in [-0.1, -0.05) is 13.8 Å². The monoisotopic (exact) mass is 208 g/mol. The lowest BCUT2D eigenvalue weighted by molar-refractivity contribution is -0.121. The minimum atomic E-state index is 0.503. The molecule has 86 valence electrons. The molecule has 2 fully saturated rings. The molecule has 1 heteroatoms. The van der Waals surface area contributed by atoms with Gasteiger partial charge in [0.25, 0.3) is 0 Å². The van der Waals surface area contributed by atoms with Crippen molar-refractivity contribution in [2.45, 2.75) is 58.8 Å². The number of hydrogen-bond donors (Lipinski definition) is 0. The first-order valence-corrected chi connectivity index (χ1v) is 6.67. The molecule has 2 unspecified atom stereocenters. The van der Waals surface area contributed by atoms with Gasteiger partial charge in [0, 0.05) is 12.8 Å². The van der Waals surface area contributed by atoms with Gasteiger partial charge in [-0.2, -0.15) is 0 Å². The third-order valence-electron chi connectivity index (χ3n) is 4.47. The fourth-order valence-corrected chi connectivity index (χ4v) is 3.83. The van der Waals surface area contributed by atoms with Crippen molar-refractivity contribution in [2.24, 2.45) is 23.7 Å². The Balaban J connectivity index is 1.89. The average molecular weight is 208 g/mol. The van der Waals surface area contributed by atoms with E-state index in [9.17, 15) is 4.79 Å². The summed E-state index contributed by atoms with van der Waals surface area (Å²) < 4.78 is 0. The lowest BCUT2D eigenvalue weighted by Crippen LogP contribution is -2.28. The van der Waals surface area contributed by atoms with Crippen molar-refractivity contribution in [1.29, 1.82) is 0 Å². The normalized spacial score (nSPS) is 39.3. The lowest BCUT2D eigenvalue weighted by atomic mass is 9.68. The van der Waals surface area contributed by atoms with E-state index in [1.54, 1.807) is 0 Å². The smallest absolute Gasteiger partial charge is 0.132 e. The minimum absolute atomic E-state index is 0.503. The zero-order chi connectivity index (χ0) is 10.8. The van der Waals surface area contributed by atoms with E-state index in [1.807, 2.05) is 0 Å². The van der Waals surface area contributed by atoms with Crippen molar-refractivity contribution in [1.82, 2.24) is 0 Å². The van der Waals surface area contributed by atoms with Gasteiger partial charge in [-0.05, 0) is 55.8 Å². The average Bonchev–Trinajstić information content (AvgIpc) is 2.17. The van der Waals surface area contributed by atoms with E-state index in [2.05, 4.69) is 13.8 Å². The molecule has 2 atom stereocenters. The fraction of sp³-hybridized carbons (Fsp3) is 0.929. The fourth-order valence-electron chi connectivity index (χ4n) is 3.83. The zero-order valence-corrected chi connectivity index (χ0v) is 10.2. The van der Waals surface area contributed by atoms with Crippen LogP contribution >= 0.6 is 0 Å². The SMILES string of the molecule is CC1CC(C)CC(C2CCC(=O)CC2)C1. The van der Waals surface area contributed by atoms with Crippen LogP contribution in [-0.2, 0) is 4.79 Å². The highest BCUT2D eigenvalue weighted by atomic mass is 16.1. The van der Waals surface area contributed by atoms with Crippen molar-refractivity contribution in [2.75, 3.05) is 0 Å². The maximum Gasteiger partial charge on any atom is 0.132 e. The Bertz CT molecular complexity index is 213. The molecule has 0 amide bonds. The first-order chi connectivity index (χ1) is 7.15. The maximum absolute atomic E-state index is 11.2. The van der Waals surface area contributed by atoms with E-state index < -0.39 is 0 Å². The maximum atomic E-state index is 11.2. The molecule has 2 saturated carbocycles. The number of carbonyl (C=O) groups excluding carboxylic acids is 1. The molecule has 0 heterocycles. The van der Waals surface area contributed by atoms with Crippen LogP contribution in [0.4, 0.5) is 0 Å². The number of rotatable bonds is 1. The highest BCUT2D eigenvalue weighted by molar-refractivity contribution is 5.79. The van der Waals surface area contributed by atoms with Crippen LogP contribution in [-0.4, -0.2) is 5.78 Å². The van der Waals surface area contributed by atoms with Gasteiger partial charge >= 0.3 is 0 Å². The van der Waals surface area contributed by atoms with Gasteiger partial charge in [-0.3, -0.25) is 4.79 Å². The highest BCUT2D eigenvalue weighted by Crippen LogP contribution is 2.41. The minimum Gasteiger partial charge on any atom is -0.300 e. The van der Waals surface area contributed by atoms with E-state index in [1.165, 1.54) is 32.1 Å². The van der Waals surface area contributed by atoms with E-state index in [-0.39, 0.29) is 0 Å². The summed E-state index contributed by atoms with van der Waals surface area (Å²) in [6.07, 6.45) is 8.36. The summed E-state index contributed by atoms with van der Waals surface area (Å²) >= 11 is 0. The standard InChI is InChI=1S/C14H24O/c1-10-7-11(2)9-13(8-10)12-3-5-14(15)6-4-12/h10-13H,3-9H2,1-2H3. The van der Waals surface area contributed by atoms with E-state index in [4.69, 9.17) is 0 Å². The van der Waals surface area contributed by atoms with Gasteiger partial charge in [0.05, 0.1) is 0 Å². The molecule has 15 heavy (non-hydrogen) atoms. The van der Waals surface area contributed by atoms with Crippen molar-refractivity contribution >= 4 is 5.78 Å². The van der Waals surface area contributed by atoms with Crippen molar-refractivity contribution in [3.05, 3.63) is 0 Å². The van der Waals surface area contributed by atoms with E-state index in [0.29, 0.717) is 5.78 Å². The third kappa shape index (κ3) is 2.83. The Kier molecular flexibility index (Phi) is 3.48. The van der Waals surface area contributed by atoms with Gasteiger partial charge in [-0.15, -0.1) is 0 Å². The summed E-state index contributed by atoms with van der Waals surface area (Å²) in [7, 11) is 0. The zero-order valence-electron chi connectivity index (χ0n) is 10.2. The van der Waals surface area contributed by atoms with Crippen LogP contribution in [0.3, 0.4) is 0 Å². The second-order valence-corrected chi connectivity index (χ2v) is 6.05. The summed E-state index contributed by atoms with van der Waals surface area (Å²) in [4.78, 5) is 11.2. The second-order valence-electron chi connectivity index (χ2n) is 6.05. The molecule has 0 aromatic rings. The molecule has 0 radical (unpaired) electrons. The summed E-state index contributed by atoms with van der Waals surface area (Å²) in [5, 5.41) is 0. The summed E-state index contributed by atoms with van der Waals surface area (Å²) in [5.41, 5.74) is 0. The summed E-state index contributed by atoms with van der Waals surface area (Å²) in [6, 6.07) is 0. The first-order valence-electron chi connectivity index (χ1n) is 6.67.